The molecule has 0 saturated carbocycles. The summed E-state index contributed by atoms with van der Waals surface area (Å²) >= 11 is 4.00. The van der Waals surface area contributed by atoms with E-state index in [1.54, 1.807) is 0 Å². The average Bonchev–Trinajstić information content (AvgIpc) is 2.74. The molecular weight excluding hydrogens is 240 g/mol. The third kappa shape index (κ3) is 3.31. The summed E-state index contributed by atoms with van der Waals surface area (Å²) in [7, 11) is 0. The molecule has 1 unspecified atom stereocenters. The lowest BCUT2D eigenvalue weighted by Gasteiger charge is -2.22. The molecule has 0 aliphatic carbocycles. The molecule has 0 aromatic carbocycles. The van der Waals surface area contributed by atoms with Crippen molar-refractivity contribution in [3.63, 3.8) is 0 Å². The van der Waals surface area contributed by atoms with E-state index in [0.29, 0.717) is 11.2 Å². The molecule has 1 amide bonds. The van der Waals surface area contributed by atoms with Gasteiger partial charge in [0.15, 0.2) is 0 Å². The molecule has 2 heterocycles. The van der Waals surface area contributed by atoms with E-state index >= 15 is 0 Å². The highest BCUT2D eigenvalue weighted by Crippen LogP contribution is 2.23. The van der Waals surface area contributed by atoms with E-state index in [0.717, 1.165) is 19.6 Å². The number of hydrogen-bond acceptors (Lipinski definition) is 4. The van der Waals surface area contributed by atoms with E-state index in [1.165, 1.54) is 17.3 Å². The first-order valence-electron chi connectivity index (χ1n) is 5.95. The molecule has 0 aromatic rings. The quantitative estimate of drug-likeness (QED) is 0.788. The number of thioether (sulfide) groups is 2. The normalized spacial score (nSPS) is 34.9. The molecule has 2 N–H and O–H groups in total. The molecule has 0 aromatic heterocycles. The monoisotopic (exact) mass is 260 g/mol. The molecule has 2 rings (SSSR count). The van der Waals surface area contributed by atoms with Gasteiger partial charge in [-0.2, -0.15) is 23.5 Å². The van der Waals surface area contributed by atoms with Crippen molar-refractivity contribution in [2.45, 2.75) is 12.2 Å². The van der Waals surface area contributed by atoms with Crippen molar-refractivity contribution < 1.29 is 4.79 Å². The Hall–Kier alpha value is 0.130. The highest BCUT2D eigenvalue weighted by Gasteiger charge is 2.29. The highest BCUT2D eigenvalue weighted by atomic mass is 32.2. The van der Waals surface area contributed by atoms with Crippen molar-refractivity contribution in [2.75, 3.05) is 36.9 Å². The van der Waals surface area contributed by atoms with Gasteiger partial charge in [0.25, 0.3) is 0 Å². The maximum absolute atomic E-state index is 11.9. The Labute approximate surface area is 106 Å². The van der Waals surface area contributed by atoms with Crippen LogP contribution in [0.15, 0.2) is 0 Å². The van der Waals surface area contributed by atoms with Gasteiger partial charge in [-0.15, -0.1) is 0 Å². The van der Waals surface area contributed by atoms with Crippen LogP contribution in [-0.2, 0) is 4.79 Å². The fourth-order valence-corrected chi connectivity index (χ4v) is 4.77. The van der Waals surface area contributed by atoms with Crippen molar-refractivity contribution in [3.8, 4) is 0 Å². The third-order valence-corrected chi connectivity index (χ3v) is 6.09. The van der Waals surface area contributed by atoms with Crippen LogP contribution in [0.1, 0.15) is 6.92 Å². The Morgan fingerprint density at radius 3 is 2.94 bits per heavy atom. The SMILES string of the molecule is C[C@@H]1CNC[C@H]1C(=O)NCC1CSCCS1. The number of rotatable bonds is 3. The van der Waals surface area contributed by atoms with Crippen LogP contribution in [0.3, 0.4) is 0 Å². The summed E-state index contributed by atoms with van der Waals surface area (Å²) in [6.45, 7) is 4.82. The molecule has 3 atom stereocenters. The lowest BCUT2D eigenvalue weighted by Crippen LogP contribution is -2.39. The van der Waals surface area contributed by atoms with Crippen molar-refractivity contribution >= 4 is 29.4 Å². The van der Waals surface area contributed by atoms with Crippen molar-refractivity contribution in [2.24, 2.45) is 11.8 Å². The van der Waals surface area contributed by atoms with Gasteiger partial charge < -0.3 is 10.6 Å². The van der Waals surface area contributed by atoms with Crippen LogP contribution in [-0.4, -0.2) is 48.0 Å². The molecule has 2 aliphatic rings. The van der Waals surface area contributed by atoms with Crippen LogP contribution < -0.4 is 10.6 Å². The predicted octanol–water partition coefficient (Wildman–Crippen LogP) is 0.807. The molecule has 92 valence electrons. The van der Waals surface area contributed by atoms with Crippen LogP contribution in [0, 0.1) is 11.8 Å². The second-order valence-corrected chi connectivity index (χ2v) is 7.11. The van der Waals surface area contributed by atoms with Gasteiger partial charge in [-0.1, -0.05) is 6.92 Å². The van der Waals surface area contributed by atoms with Gasteiger partial charge in [0, 0.05) is 35.6 Å². The number of nitrogens with one attached hydrogen (secondary N) is 2. The van der Waals surface area contributed by atoms with E-state index < -0.39 is 0 Å². The Morgan fingerprint density at radius 2 is 2.31 bits per heavy atom. The van der Waals surface area contributed by atoms with Gasteiger partial charge >= 0.3 is 0 Å². The van der Waals surface area contributed by atoms with Crippen LogP contribution >= 0.6 is 23.5 Å². The third-order valence-electron chi connectivity index (χ3n) is 3.24. The smallest absolute Gasteiger partial charge is 0.224 e. The first kappa shape index (κ1) is 12.6. The molecule has 5 heteroatoms. The molecule has 0 spiro atoms. The largest absolute Gasteiger partial charge is 0.355 e. The summed E-state index contributed by atoms with van der Waals surface area (Å²) in [6, 6.07) is 0. The summed E-state index contributed by atoms with van der Waals surface area (Å²) in [5, 5.41) is 7.00. The number of carbonyl (C=O) groups is 1. The van der Waals surface area contributed by atoms with E-state index in [-0.39, 0.29) is 11.8 Å². The zero-order chi connectivity index (χ0) is 11.4. The topological polar surface area (TPSA) is 41.1 Å². The van der Waals surface area contributed by atoms with Crippen LogP contribution in [0.4, 0.5) is 0 Å². The van der Waals surface area contributed by atoms with Crippen molar-refractivity contribution in [3.05, 3.63) is 0 Å². The fraction of sp³-hybridized carbons (Fsp3) is 0.909. The van der Waals surface area contributed by atoms with Crippen molar-refractivity contribution in [1.29, 1.82) is 0 Å². The molecule has 2 saturated heterocycles. The summed E-state index contributed by atoms with van der Waals surface area (Å²) in [5.74, 6) is 4.58. The Balaban J connectivity index is 1.70. The molecule has 2 aliphatic heterocycles. The van der Waals surface area contributed by atoms with Gasteiger partial charge in [0.05, 0.1) is 5.92 Å². The summed E-state index contributed by atoms with van der Waals surface area (Å²) in [4.78, 5) is 11.9. The maximum atomic E-state index is 11.9. The number of amides is 1. The summed E-state index contributed by atoms with van der Waals surface area (Å²) in [5.41, 5.74) is 0. The minimum Gasteiger partial charge on any atom is -0.355 e. The first-order chi connectivity index (χ1) is 7.77. The van der Waals surface area contributed by atoms with Gasteiger partial charge in [-0.3, -0.25) is 4.79 Å². The minimum atomic E-state index is 0.182. The van der Waals surface area contributed by atoms with Gasteiger partial charge in [0.2, 0.25) is 5.91 Å². The maximum Gasteiger partial charge on any atom is 0.224 e. The van der Waals surface area contributed by atoms with Gasteiger partial charge in [0.1, 0.15) is 0 Å². The molecule has 0 radical (unpaired) electrons. The lowest BCUT2D eigenvalue weighted by molar-refractivity contribution is -0.125. The second kappa shape index (κ2) is 6.17. The molecule has 3 nitrogen and oxygen atoms in total. The summed E-state index contributed by atoms with van der Waals surface area (Å²) in [6.07, 6.45) is 0. The van der Waals surface area contributed by atoms with E-state index in [2.05, 4.69) is 17.6 Å². The van der Waals surface area contributed by atoms with Crippen LogP contribution in [0.5, 0.6) is 0 Å². The van der Waals surface area contributed by atoms with E-state index in [1.807, 2.05) is 23.5 Å². The zero-order valence-corrected chi connectivity index (χ0v) is 11.3. The lowest BCUT2D eigenvalue weighted by atomic mass is 9.97. The van der Waals surface area contributed by atoms with Gasteiger partial charge in [-0.05, 0) is 12.5 Å². The van der Waals surface area contributed by atoms with Crippen molar-refractivity contribution in [1.82, 2.24) is 10.6 Å². The van der Waals surface area contributed by atoms with E-state index in [9.17, 15) is 4.79 Å². The Morgan fingerprint density at radius 1 is 1.44 bits per heavy atom. The molecule has 0 bridgehead atoms. The van der Waals surface area contributed by atoms with Crippen LogP contribution in [0.2, 0.25) is 0 Å². The average molecular weight is 260 g/mol. The molecule has 16 heavy (non-hydrogen) atoms. The minimum absolute atomic E-state index is 0.182. The standard InChI is InChI=1S/C11H20N2OS2/c1-8-4-12-6-10(8)11(14)13-5-9-7-15-2-3-16-9/h8-10,12H,2-7H2,1H3,(H,13,14)/t8-,9?,10-/m1/s1. The Kier molecular flexibility index (Phi) is 4.85. The van der Waals surface area contributed by atoms with E-state index in [4.69, 9.17) is 0 Å². The molecule has 2 fully saturated rings. The van der Waals surface area contributed by atoms with Crippen LogP contribution in [0.25, 0.3) is 0 Å². The molecular formula is C11H20N2OS2. The fourth-order valence-electron chi connectivity index (χ4n) is 2.16. The Bertz CT molecular complexity index is 244. The predicted molar refractivity (Wildman–Crippen MR) is 72.1 cm³/mol. The highest BCUT2D eigenvalue weighted by molar-refractivity contribution is 8.06. The number of hydrogen-bond donors (Lipinski definition) is 2. The zero-order valence-electron chi connectivity index (χ0n) is 9.70. The van der Waals surface area contributed by atoms with Gasteiger partial charge in [-0.25, -0.2) is 0 Å². The number of carbonyl (C=O) groups excluding carboxylic acids is 1. The first-order valence-corrected chi connectivity index (χ1v) is 8.15. The summed E-state index contributed by atoms with van der Waals surface area (Å²) < 4.78 is 0. The second-order valence-electron chi connectivity index (χ2n) is 4.55.